The van der Waals surface area contributed by atoms with Gasteiger partial charge in [0.25, 0.3) is 5.91 Å². The summed E-state index contributed by atoms with van der Waals surface area (Å²) < 4.78 is 45.3. The number of alkyl carbamates (subject to hydrolysis) is 1. The van der Waals surface area contributed by atoms with Crippen LogP contribution in [0.15, 0.2) is 18.2 Å². The normalized spacial score (nSPS) is 29.2. The van der Waals surface area contributed by atoms with Crippen molar-refractivity contribution in [1.29, 1.82) is 0 Å². The fourth-order valence-electron chi connectivity index (χ4n) is 7.92. The molecule has 4 fully saturated rings. The van der Waals surface area contributed by atoms with E-state index in [4.69, 9.17) is 24.2 Å². The summed E-state index contributed by atoms with van der Waals surface area (Å²) in [7, 11) is -2.29. The van der Waals surface area contributed by atoms with Crippen LogP contribution in [-0.2, 0) is 35.6 Å². The molecule has 1 aromatic heterocycles. The smallest absolute Gasteiger partial charge is 0.407 e. The van der Waals surface area contributed by atoms with E-state index in [1.54, 1.807) is 13.2 Å². The number of hydrogen-bond acceptors (Lipinski definition) is 11. The van der Waals surface area contributed by atoms with Gasteiger partial charge in [-0.15, -0.1) is 0 Å². The molecule has 4 amide bonds. The van der Waals surface area contributed by atoms with Crippen LogP contribution in [0.25, 0.3) is 11.0 Å². The van der Waals surface area contributed by atoms with Gasteiger partial charge in [-0.1, -0.05) is 53.9 Å². The van der Waals surface area contributed by atoms with Crippen molar-refractivity contribution in [3.05, 3.63) is 23.9 Å². The summed E-state index contributed by atoms with van der Waals surface area (Å²) in [6.07, 6.45) is 5.68. The molecule has 1 saturated heterocycles. The van der Waals surface area contributed by atoms with Crippen LogP contribution in [0.5, 0.6) is 11.6 Å². The third-order valence-electron chi connectivity index (χ3n) is 11.4. The number of aromatic nitrogens is 2. The number of methoxy groups -OCH3 is 1. The summed E-state index contributed by atoms with van der Waals surface area (Å²) in [5, 5.41) is 4.85. The first-order valence-electron chi connectivity index (χ1n) is 20.3. The number of nitrogens with zero attached hydrogens (tertiary/aromatic N) is 3. The van der Waals surface area contributed by atoms with E-state index in [-0.39, 0.29) is 35.2 Å². The number of benzene rings is 1. The standard InChI is InChI=1S/C36H48N6O9S.C4H10.3H2/c1-4-21-17-36(21,34(45)41-52(47,48)23-12-13-23)40-32(44)31-24(5-2)29-19-42(31)30(43)18-37-35(46)51-28-15-20(28)9-7-6-8-10-26-33(50-29)39-27-16-22(49-3)11-14-25(27)38-26;1-4(2)3;;;/h11,14,16,20-21,23-24,28-29,31H,4-10,12-13,15,17-19H2,1-3H3,(H,37,46)(H,40,44)(H,41,45);4H,1-3H3;3*1H/t20-,21-,24-,28-,29+,31+,36-;;;;/m1..../s1. The van der Waals surface area contributed by atoms with Gasteiger partial charge in [0.1, 0.15) is 41.8 Å². The van der Waals surface area contributed by atoms with Crippen molar-refractivity contribution in [2.24, 2.45) is 23.7 Å². The predicted octanol–water partition coefficient (Wildman–Crippen LogP) is 5.15. The molecule has 314 valence electrons. The molecule has 7 atom stereocenters. The van der Waals surface area contributed by atoms with Crippen molar-refractivity contribution in [1.82, 2.24) is 30.2 Å². The molecule has 0 spiro atoms. The highest BCUT2D eigenvalue weighted by Crippen LogP contribution is 2.47. The van der Waals surface area contributed by atoms with E-state index in [0.29, 0.717) is 60.5 Å². The van der Waals surface area contributed by atoms with Crippen LogP contribution in [-0.4, -0.2) is 96.3 Å². The number of fused-ring (bicyclic) bond motifs is 5. The SMILES string of the molecule is CC(C)C.CC[C@@H]1[C@@H]2CN(C(=O)CNC(=O)O[C@@H]3C[C@H]3CCCCCc3nc4ccc(OC)cc4nc3O2)[C@@H]1C(=O)N[C@]1(C(=O)NS(=O)(=O)C2CC2)C[C@H]1CC.[HH].[HH].[HH]. The number of aryl methyl sites for hydroxylation is 1. The highest BCUT2D eigenvalue weighted by molar-refractivity contribution is 7.91. The number of ether oxygens (including phenoxy) is 3. The van der Waals surface area contributed by atoms with Crippen LogP contribution in [0.4, 0.5) is 4.79 Å². The first kappa shape index (κ1) is 41.4. The fraction of sp³-hybridized carbons (Fsp3) is 0.700. The Morgan fingerprint density at radius 3 is 2.45 bits per heavy atom. The zero-order valence-electron chi connectivity index (χ0n) is 33.5. The molecule has 2 aliphatic heterocycles. The summed E-state index contributed by atoms with van der Waals surface area (Å²) in [6.45, 7) is 9.85. The van der Waals surface area contributed by atoms with Gasteiger partial charge in [0, 0.05) is 16.3 Å². The van der Waals surface area contributed by atoms with E-state index in [1.165, 1.54) is 4.90 Å². The molecule has 56 heavy (non-hydrogen) atoms. The molecule has 15 nitrogen and oxygen atoms in total. The maximum absolute atomic E-state index is 14.4. The Balaban J connectivity index is 0.00000127. The minimum atomic E-state index is -3.86. The average Bonchev–Trinajstić information content (AvgIpc) is 4.07. The van der Waals surface area contributed by atoms with Gasteiger partial charge in [0.2, 0.25) is 27.7 Å². The predicted molar refractivity (Wildman–Crippen MR) is 215 cm³/mol. The van der Waals surface area contributed by atoms with Gasteiger partial charge in [-0.3, -0.25) is 19.1 Å². The van der Waals surface area contributed by atoms with E-state index < -0.39 is 69.2 Å². The number of nitrogens with one attached hydrogen (secondary N) is 3. The number of hydrogen-bond donors (Lipinski definition) is 3. The van der Waals surface area contributed by atoms with E-state index >= 15 is 0 Å². The van der Waals surface area contributed by atoms with Gasteiger partial charge in [0.15, 0.2) is 0 Å². The largest absolute Gasteiger partial charge is 0.497 e. The number of carbonyl (C=O) groups is 4. The van der Waals surface area contributed by atoms with Gasteiger partial charge < -0.3 is 29.7 Å². The molecule has 7 rings (SSSR count). The highest BCUT2D eigenvalue weighted by Gasteiger charge is 2.62. The summed E-state index contributed by atoms with van der Waals surface area (Å²) in [4.78, 5) is 65.7. The maximum Gasteiger partial charge on any atom is 0.407 e. The first-order valence-corrected chi connectivity index (χ1v) is 21.9. The van der Waals surface area contributed by atoms with Crippen molar-refractivity contribution < 1.29 is 46.1 Å². The zero-order valence-corrected chi connectivity index (χ0v) is 34.3. The lowest BCUT2D eigenvalue weighted by molar-refractivity contribution is -0.140. The lowest BCUT2D eigenvalue weighted by atomic mass is 9.93. The quantitative estimate of drug-likeness (QED) is 0.320. The summed E-state index contributed by atoms with van der Waals surface area (Å²) >= 11 is 0. The van der Waals surface area contributed by atoms with Gasteiger partial charge in [-0.05, 0) is 81.3 Å². The molecular formula is C40H64N6O9S. The molecule has 1 aromatic carbocycles. The van der Waals surface area contributed by atoms with E-state index in [2.05, 4.69) is 36.1 Å². The monoisotopic (exact) mass is 804 g/mol. The summed E-state index contributed by atoms with van der Waals surface area (Å²) in [5.74, 6) is -0.658. The Kier molecular flexibility index (Phi) is 12.7. The van der Waals surface area contributed by atoms with Crippen LogP contribution in [0.2, 0.25) is 0 Å². The van der Waals surface area contributed by atoms with E-state index in [1.807, 2.05) is 26.0 Å². The average molecular weight is 805 g/mol. The van der Waals surface area contributed by atoms with Gasteiger partial charge in [0.05, 0.1) is 29.9 Å². The molecule has 0 radical (unpaired) electrons. The molecule has 3 saturated carbocycles. The third kappa shape index (κ3) is 9.48. The third-order valence-corrected chi connectivity index (χ3v) is 13.2. The van der Waals surface area contributed by atoms with Crippen molar-refractivity contribution in [2.45, 2.75) is 134 Å². The Hall–Kier alpha value is -4.21. The van der Waals surface area contributed by atoms with Crippen molar-refractivity contribution >= 4 is 44.9 Å². The zero-order chi connectivity index (χ0) is 40.4. The topological polar surface area (TPSA) is 195 Å². The lowest BCUT2D eigenvalue weighted by Crippen LogP contribution is -2.58. The second-order valence-corrected chi connectivity index (χ2v) is 18.6. The maximum atomic E-state index is 14.4. The van der Waals surface area contributed by atoms with Crippen LogP contribution in [0, 0.1) is 23.7 Å². The number of carbonyl (C=O) groups excluding carboxylic acids is 4. The molecule has 16 heteroatoms. The number of rotatable bonds is 8. The van der Waals surface area contributed by atoms with Crippen LogP contribution in [0.1, 0.15) is 109 Å². The Bertz CT molecular complexity index is 1920. The minimum absolute atomic E-state index is 0. The second kappa shape index (κ2) is 17.1. The Morgan fingerprint density at radius 1 is 1.04 bits per heavy atom. The van der Waals surface area contributed by atoms with Crippen LogP contribution in [0.3, 0.4) is 0 Å². The second-order valence-electron chi connectivity index (χ2n) is 16.6. The number of amides is 4. The lowest BCUT2D eigenvalue weighted by Gasteiger charge is -2.29. The molecule has 0 unspecified atom stereocenters. The Morgan fingerprint density at radius 2 is 1.79 bits per heavy atom. The van der Waals surface area contributed by atoms with Gasteiger partial charge in [-0.25, -0.2) is 23.2 Å². The van der Waals surface area contributed by atoms with E-state index in [0.717, 1.165) is 38.0 Å². The minimum Gasteiger partial charge on any atom is -0.497 e. The highest BCUT2D eigenvalue weighted by atomic mass is 32.2. The van der Waals surface area contributed by atoms with E-state index in [9.17, 15) is 27.6 Å². The Labute approximate surface area is 334 Å². The fourth-order valence-corrected chi connectivity index (χ4v) is 9.29. The summed E-state index contributed by atoms with van der Waals surface area (Å²) in [6, 6.07) is 4.37. The van der Waals surface area contributed by atoms with Crippen molar-refractivity contribution in [3.8, 4) is 11.6 Å². The van der Waals surface area contributed by atoms with Gasteiger partial charge in [-0.2, -0.15) is 0 Å². The molecule has 5 aliphatic rings. The molecular weight excluding hydrogens is 741 g/mol. The molecule has 2 aromatic rings. The van der Waals surface area contributed by atoms with Crippen LogP contribution < -0.4 is 24.8 Å². The van der Waals surface area contributed by atoms with Gasteiger partial charge >= 0.3 is 6.09 Å². The van der Waals surface area contributed by atoms with Crippen molar-refractivity contribution in [3.63, 3.8) is 0 Å². The molecule has 3 aliphatic carbocycles. The summed E-state index contributed by atoms with van der Waals surface area (Å²) in [5.41, 5.74) is 0.513. The molecule has 3 N–H and O–H groups in total. The molecule has 3 heterocycles. The first-order chi connectivity index (χ1) is 26.7. The van der Waals surface area contributed by atoms with Crippen LogP contribution >= 0.6 is 0 Å². The van der Waals surface area contributed by atoms with Crippen molar-refractivity contribution in [2.75, 3.05) is 20.2 Å². The molecule has 2 bridgehead atoms. The number of sulfonamides is 1.